The number of nitrogens with zero attached hydrogens (tertiary/aromatic N) is 1. The molecule has 0 bridgehead atoms. The fourth-order valence-corrected chi connectivity index (χ4v) is 4.40. The van der Waals surface area contributed by atoms with Gasteiger partial charge < -0.3 is 20.5 Å². The van der Waals surface area contributed by atoms with Crippen LogP contribution in [0.4, 0.5) is 5.69 Å². The van der Waals surface area contributed by atoms with Gasteiger partial charge >= 0.3 is 0 Å². The number of para-hydroxylation sites is 1. The minimum atomic E-state index is -0.580. The highest BCUT2D eigenvalue weighted by Crippen LogP contribution is 2.32. The highest BCUT2D eigenvalue weighted by atomic mass is 16.5. The Bertz CT molecular complexity index is 1280. The molecule has 0 saturated heterocycles. The smallest absolute Gasteiger partial charge is 0.127 e. The topological polar surface area (TPSA) is 66.4 Å². The molecule has 3 aromatic carbocycles. The molecule has 3 N–H and O–H groups in total. The number of fused-ring (bicyclic) bond motifs is 3. The lowest BCUT2D eigenvalue weighted by atomic mass is 9.97. The molecule has 0 saturated carbocycles. The SMILES string of the molecule is OC(CNCCNc1c2c(nc3ccccc13)C=CCC2)COc1cccc2ccccc12. The third kappa shape index (κ3) is 4.85. The summed E-state index contributed by atoms with van der Waals surface area (Å²) >= 11 is 0. The zero-order valence-corrected chi connectivity index (χ0v) is 18.6. The van der Waals surface area contributed by atoms with Gasteiger partial charge in [-0.15, -0.1) is 0 Å². The number of ether oxygens (including phenoxy) is 1. The van der Waals surface area contributed by atoms with Gasteiger partial charge in [-0.25, -0.2) is 4.98 Å². The summed E-state index contributed by atoms with van der Waals surface area (Å²) in [6.45, 7) is 2.24. The second-order valence-corrected chi connectivity index (χ2v) is 8.38. The molecule has 0 radical (unpaired) electrons. The van der Waals surface area contributed by atoms with Crippen molar-refractivity contribution in [2.45, 2.75) is 18.9 Å². The molecule has 0 aliphatic heterocycles. The maximum atomic E-state index is 10.4. The van der Waals surface area contributed by atoms with E-state index in [1.54, 1.807) is 0 Å². The fraction of sp³-hybridized carbons (Fsp3) is 0.250. The Kier molecular flexibility index (Phi) is 6.51. The molecule has 5 nitrogen and oxygen atoms in total. The van der Waals surface area contributed by atoms with Crippen molar-refractivity contribution in [2.24, 2.45) is 0 Å². The summed E-state index contributed by atoms with van der Waals surface area (Å²) in [6, 6.07) is 22.4. The molecule has 1 aliphatic rings. The van der Waals surface area contributed by atoms with Gasteiger partial charge in [-0.1, -0.05) is 60.7 Å². The maximum Gasteiger partial charge on any atom is 0.127 e. The van der Waals surface area contributed by atoms with Crippen LogP contribution >= 0.6 is 0 Å². The first-order chi connectivity index (χ1) is 16.3. The molecule has 33 heavy (non-hydrogen) atoms. The number of nitrogens with one attached hydrogen (secondary N) is 2. The molecule has 168 valence electrons. The van der Waals surface area contributed by atoms with Gasteiger partial charge in [0.2, 0.25) is 0 Å². The largest absolute Gasteiger partial charge is 0.490 e. The molecule has 1 aliphatic carbocycles. The van der Waals surface area contributed by atoms with Gasteiger partial charge in [0.1, 0.15) is 18.5 Å². The van der Waals surface area contributed by atoms with Crippen LogP contribution in [-0.4, -0.2) is 42.4 Å². The number of hydrogen-bond acceptors (Lipinski definition) is 5. The molecule has 5 rings (SSSR count). The van der Waals surface area contributed by atoms with E-state index in [1.807, 2.05) is 36.4 Å². The van der Waals surface area contributed by atoms with Gasteiger partial charge in [-0.3, -0.25) is 0 Å². The number of benzene rings is 3. The van der Waals surface area contributed by atoms with Crippen molar-refractivity contribution >= 4 is 33.4 Å². The van der Waals surface area contributed by atoms with Crippen LogP contribution in [0.25, 0.3) is 27.8 Å². The van der Waals surface area contributed by atoms with E-state index in [1.165, 1.54) is 11.3 Å². The lowest BCUT2D eigenvalue weighted by Crippen LogP contribution is -2.34. The van der Waals surface area contributed by atoms with E-state index in [0.717, 1.165) is 59.0 Å². The second-order valence-electron chi connectivity index (χ2n) is 8.38. The molecule has 1 atom stereocenters. The van der Waals surface area contributed by atoms with E-state index in [2.05, 4.69) is 53.1 Å². The first kappa shape index (κ1) is 21.4. The monoisotopic (exact) mass is 439 g/mol. The third-order valence-corrected chi connectivity index (χ3v) is 6.03. The van der Waals surface area contributed by atoms with Gasteiger partial charge in [-0.05, 0) is 36.4 Å². The number of aliphatic hydroxyl groups excluding tert-OH is 1. The van der Waals surface area contributed by atoms with Crippen LogP contribution in [0.2, 0.25) is 0 Å². The van der Waals surface area contributed by atoms with E-state index in [9.17, 15) is 5.11 Å². The lowest BCUT2D eigenvalue weighted by Gasteiger charge is -2.19. The summed E-state index contributed by atoms with van der Waals surface area (Å²) in [5, 5.41) is 20.7. The number of rotatable bonds is 9. The molecular weight excluding hydrogens is 410 g/mol. The van der Waals surface area contributed by atoms with Gasteiger partial charge in [0.15, 0.2) is 0 Å². The predicted molar refractivity (Wildman–Crippen MR) is 136 cm³/mol. The van der Waals surface area contributed by atoms with Crippen LogP contribution in [0.15, 0.2) is 72.8 Å². The summed E-state index contributed by atoms with van der Waals surface area (Å²) in [5.74, 6) is 0.803. The number of allylic oxidation sites excluding steroid dienone is 1. The summed E-state index contributed by atoms with van der Waals surface area (Å²) < 4.78 is 5.90. The van der Waals surface area contributed by atoms with Crippen molar-refractivity contribution in [3.05, 3.63) is 84.1 Å². The van der Waals surface area contributed by atoms with Crippen molar-refractivity contribution in [1.82, 2.24) is 10.3 Å². The van der Waals surface area contributed by atoms with Gasteiger partial charge in [-0.2, -0.15) is 0 Å². The van der Waals surface area contributed by atoms with Crippen molar-refractivity contribution in [1.29, 1.82) is 0 Å². The standard InChI is InChI=1S/C28H29N3O2/c32-21(19-33-27-15-7-9-20-8-1-2-10-22(20)27)18-29-16-17-30-28-23-11-3-5-13-25(23)31-26-14-6-4-12-24(26)28/h1-3,5-11,13-15,21,29,32H,4,12,16-19H2,(H,30,31). The second kappa shape index (κ2) is 10.0. The van der Waals surface area contributed by atoms with E-state index in [-0.39, 0.29) is 6.61 Å². The van der Waals surface area contributed by atoms with Crippen LogP contribution in [0.5, 0.6) is 5.75 Å². The third-order valence-electron chi connectivity index (χ3n) is 6.03. The predicted octanol–water partition coefficient (Wildman–Crippen LogP) is 4.79. The Labute approximate surface area is 194 Å². The van der Waals surface area contributed by atoms with Crippen molar-refractivity contribution in [2.75, 3.05) is 31.6 Å². The number of hydrogen-bond donors (Lipinski definition) is 3. The van der Waals surface area contributed by atoms with E-state index >= 15 is 0 Å². The molecule has 4 aromatic rings. The average Bonchev–Trinajstić information content (AvgIpc) is 2.86. The zero-order chi connectivity index (χ0) is 22.5. The number of pyridine rings is 1. The number of anilines is 1. The first-order valence-electron chi connectivity index (χ1n) is 11.6. The Morgan fingerprint density at radius 1 is 0.939 bits per heavy atom. The maximum absolute atomic E-state index is 10.4. The quantitative estimate of drug-likeness (QED) is 0.327. The first-order valence-corrected chi connectivity index (χ1v) is 11.6. The zero-order valence-electron chi connectivity index (χ0n) is 18.6. The summed E-state index contributed by atoms with van der Waals surface area (Å²) in [5.41, 5.74) is 4.55. The number of aliphatic hydroxyl groups is 1. The number of aromatic nitrogens is 1. The van der Waals surface area contributed by atoms with E-state index in [4.69, 9.17) is 9.72 Å². The Morgan fingerprint density at radius 2 is 1.76 bits per heavy atom. The van der Waals surface area contributed by atoms with Gasteiger partial charge in [0.25, 0.3) is 0 Å². The van der Waals surface area contributed by atoms with E-state index in [0.29, 0.717) is 6.54 Å². The summed E-state index contributed by atoms with van der Waals surface area (Å²) in [4.78, 5) is 4.82. The Balaban J connectivity index is 1.13. The molecule has 0 fully saturated rings. The minimum Gasteiger partial charge on any atom is -0.490 e. The minimum absolute atomic E-state index is 0.253. The molecule has 5 heteroatoms. The van der Waals surface area contributed by atoms with Crippen LogP contribution in [0.1, 0.15) is 17.7 Å². The normalized spacial score (nSPS) is 13.7. The molecule has 1 aromatic heterocycles. The van der Waals surface area contributed by atoms with Crippen LogP contribution in [0.3, 0.4) is 0 Å². The molecule has 1 heterocycles. The lowest BCUT2D eigenvalue weighted by molar-refractivity contribution is 0.107. The highest BCUT2D eigenvalue weighted by molar-refractivity contribution is 5.95. The van der Waals surface area contributed by atoms with Gasteiger partial charge in [0.05, 0.1) is 11.2 Å². The molecule has 0 amide bonds. The van der Waals surface area contributed by atoms with Crippen LogP contribution < -0.4 is 15.4 Å². The van der Waals surface area contributed by atoms with Crippen molar-refractivity contribution < 1.29 is 9.84 Å². The fourth-order valence-electron chi connectivity index (χ4n) is 4.40. The van der Waals surface area contributed by atoms with Crippen LogP contribution in [0, 0.1) is 0 Å². The average molecular weight is 440 g/mol. The van der Waals surface area contributed by atoms with Crippen molar-refractivity contribution in [3.63, 3.8) is 0 Å². The Morgan fingerprint density at radius 3 is 2.70 bits per heavy atom. The highest BCUT2D eigenvalue weighted by Gasteiger charge is 2.15. The van der Waals surface area contributed by atoms with Crippen molar-refractivity contribution in [3.8, 4) is 5.75 Å². The van der Waals surface area contributed by atoms with Crippen LogP contribution in [-0.2, 0) is 6.42 Å². The molecule has 1 unspecified atom stereocenters. The Hall–Kier alpha value is -3.41. The van der Waals surface area contributed by atoms with Gasteiger partial charge in [0, 0.05) is 41.7 Å². The molecule has 0 spiro atoms. The summed E-state index contributed by atoms with van der Waals surface area (Å²) in [7, 11) is 0. The summed E-state index contributed by atoms with van der Waals surface area (Å²) in [6.07, 6.45) is 5.79. The van der Waals surface area contributed by atoms with E-state index < -0.39 is 6.10 Å². The molecular formula is C28H29N3O2.